The first kappa shape index (κ1) is 43.1. The number of hydrogen-bond acceptors (Lipinski definition) is 9. The second kappa shape index (κ2) is 18.7. The summed E-state index contributed by atoms with van der Waals surface area (Å²) in [5.41, 5.74) is 21.4. The van der Waals surface area contributed by atoms with Crippen LogP contribution in [0.25, 0.3) is 66.1 Å². The Morgan fingerprint density at radius 2 is 1.08 bits per heavy atom. The Bertz CT molecular complexity index is 3070. The highest BCUT2D eigenvalue weighted by Crippen LogP contribution is 2.39. The molecule has 0 aliphatic rings. The number of carboxylic acids is 2. The third-order valence-corrected chi connectivity index (χ3v) is 10.9. The Hall–Kier alpha value is -8.01. The van der Waals surface area contributed by atoms with Crippen LogP contribution >= 0.6 is 0 Å². The normalized spacial score (nSPS) is 12.0. The van der Waals surface area contributed by atoms with Gasteiger partial charge in [0.15, 0.2) is 0 Å². The fourth-order valence-corrected chi connectivity index (χ4v) is 7.68. The van der Waals surface area contributed by atoms with Gasteiger partial charge in [0.25, 0.3) is 5.69 Å². The van der Waals surface area contributed by atoms with Crippen LogP contribution in [-0.2, 0) is 43.6 Å². The van der Waals surface area contributed by atoms with Gasteiger partial charge in [0.1, 0.15) is 12.1 Å². The lowest BCUT2D eigenvalue weighted by Gasteiger charge is -2.08. The Morgan fingerprint density at radius 3 is 1.63 bits per heavy atom. The van der Waals surface area contributed by atoms with Gasteiger partial charge in [-0.2, -0.15) is 0 Å². The lowest BCUT2D eigenvalue weighted by molar-refractivity contribution is -0.382. The van der Waals surface area contributed by atoms with Crippen LogP contribution in [0, 0.1) is 10.1 Å². The minimum atomic E-state index is -1.15. The van der Waals surface area contributed by atoms with Gasteiger partial charge < -0.3 is 35.4 Å². The summed E-state index contributed by atoms with van der Waals surface area (Å²) in [6.07, 6.45) is 16.3. The fraction of sp³-hybridized carbons (Fsp3) is 0.146. The molecule has 0 radical (unpaired) electrons. The maximum absolute atomic E-state index is 11.8. The van der Waals surface area contributed by atoms with Gasteiger partial charge in [0.2, 0.25) is 0 Å². The molecule has 15 heteroatoms. The molecule has 0 aliphatic carbocycles. The van der Waals surface area contributed by atoms with E-state index in [0.29, 0.717) is 34.0 Å². The first-order valence-corrected chi connectivity index (χ1v) is 19.9. The van der Waals surface area contributed by atoms with Gasteiger partial charge in [-0.25, -0.2) is 0 Å². The number of hydrogen-bond donors (Lipinski definition) is 4. The molecular weight excluding hydrogens is 799 g/mol. The summed E-state index contributed by atoms with van der Waals surface area (Å²) in [4.78, 5) is 45.5. The Morgan fingerprint density at radius 1 is 0.603 bits per heavy atom. The van der Waals surface area contributed by atoms with E-state index in [4.69, 9.17) is 21.7 Å². The monoisotopic (exact) mass is 843 g/mol. The first-order valence-electron chi connectivity index (χ1n) is 19.9. The molecule has 0 fully saturated rings. The zero-order valence-corrected chi connectivity index (χ0v) is 34.7. The van der Waals surface area contributed by atoms with E-state index in [9.17, 15) is 19.7 Å². The third-order valence-electron chi connectivity index (χ3n) is 10.9. The van der Waals surface area contributed by atoms with Gasteiger partial charge in [-0.3, -0.25) is 34.7 Å². The Labute approximate surface area is 361 Å². The lowest BCUT2D eigenvalue weighted by Crippen LogP contribution is -2.32. The van der Waals surface area contributed by atoms with Crippen LogP contribution in [0.5, 0.6) is 0 Å². The quantitative estimate of drug-likeness (QED) is 0.0778. The van der Waals surface area contributed by atoms with Crippen LogP contribution in [0.1, 0.15) is 11.1 Å². The van der Waals surface area contributed by atoms with Gasteiger partial charge in [-0.05, 0) is 118 Å². The maximum atomic E-state index is 11.8. The molecule has 15 nitrogen and oxygen atoms in total. The van der Waals surface area contributed by atoms with Crippen molar-refractivity contribution in [3.05, 3.63) is 168 Å². The van der Waals surface area contributed by atoms with Crippen molar-refractivity contribution in [3.8, 4) is 33.4 Å². The van der Waals surface area contributed by atoms with Crippen molar-refractivity contribution in [2.75, 3.05) is 0 Å². The average molecular weight is 844 g/mol. The van der Waals surface area contributed by atoms with Gasteiger partial charge in [0, 0.05) is 112 Å². The number of nitro benzene ring substituents is 1. The molecule has 0 spiro atoms. The largest absolute Gasteiger partial charge is 0.480 e. The summed E-state index contributed by atoms with van der Waals surface area (Å²) in [6.45, 7) is 0. The van der Waals surface area contributed by atoms with Crippen LogP contribution < -0.4 is 11.5 Å². The topological polar surface area (TPSA) is 223 Å². The van der Waals surface area contributed by atoms with Crippen LogP contribution in [0.15, 0.2) is 147 Å². The summed E-state index contributed by atoms with van der Waals surface area (Å²) in [7, 11) is 5.77. The van der Waals surface area contributed by atoms with Crippen molar-refractivity contribution in [2.24, 2.45) is 32.6 Å². The number of nitro groups is 1. The molecule has 318 valence electrons. The minimum Gasteiger partial charge on any atom is -0.480 e. The minimum absolute atomic E-state index is 0.00725. The van der Waals surface area contributed by atoms with E-state index in [1.165, 1.54) is 22.0 Å². The Balaban J connectivity index is 0.000000145. The van der Waals surface area contributed by atoms with Gasteiger partial charge >= 0.3 is 11.9 Å². The number of carboxylic acid groups (broad SMARTS) is 2. The summed E-state index contributed by atoms with van der Waals surface area (Å²) in [5, 5.41) is 32.6. The SMILES string of the molecule is Cn1cc(CC(N)C(=O)O)c2c([N+](=O)[O-])c(-c3ccncc3)ccc21.Cn1cc(CC(N)C(=O)O)c2cc(-c3ccncc3)ccc21.Cn1ccc2cc(-c3ccncc3)ccc21. The number of aryl methyl sites for hydroxylation is 3. The predicted octanol–water partition coefficient (Wildman–Crippen LogP) is 7.54. The highest BCUT2D eigenvalue weighted by molar-refractivity contribution is 6.00. The van der Waals surface area contributed by atoms with Gasteiger partial charge in [-0.15, -0.1) is 0 Å². The number of nitrogens with zero attached hydrogens (tertiary/aromatic N) is 7. The number of benzene rings is 3. The van der Waals surface area contributed by atoms with E-state index >= 15 is 0 Å². The van der Waals surface area contributed by atoms with E-state index in [1.54, 1.807) is 66.9 Å². The third kappa shape index (κ3) is 9.49. The van der Waals surface area contributed by atoms with E-state index < -0.39 is 28.9 Å². The smallest absolute Gasteiger partial charge is 0.320 e. The fourth-order valence-electron chi connectivity index (χ4n) is 7.68. The van der Waals surface area contributed by atoms with Crippen LogP contribution in [0.3, 0.4) is 0 Å². The molecule has 0 saturated heterocycles. The summed E-state index contributed by atoms with van der Waals surface area (Å²) in [6, 6.07) is 27.6. The standard InChI is InChI=1S/C17H16N4O4.C17H17N3O2.C14H12N2/c1-20-9-11(8-13(18)17(22)23)15-14(20)3-2-12(16(15)21(24)25)10-4-6-19-7-5-10;1-20-10-13(9-15(18)17(21)22)14-8-12(2-3-16(14)20)11-4-6-19-7-5-11;1-16-9-6-13-10-12(2-3-14(13)16)11-4-7-15-8-5-11/h2-7,9,13H,8,18H2,1H3,(H,22,23);2-8,10,15H,9,18H2,1H3,(H,21,22);2-10H,1H3. The van der Waals surface area contributed by atoms with E-state index in [-0.39, 0.29) is 12.1 Å². The molecular formula is C48H45N9O6. The number of pyridine rings is 3. The second-order valence-electron chi connectivity index (χ2n) is 15.1. The van der Waals surface area contributed by atoms with Crippen molar-refractivity contribution in [2.45, 2.75) is 24.9 Å². The molecule has 6 aromatic heterocycles. The molecule has 2 atom stereocenters. The highest BCUT2D eigenvalue weighted by Gasteiger charge is 2.26. The summed E-state index contributed by atoms with van der Waals surface area (Å²) < 4.78 is 5.86. The number of fused-ring (bicyclic) bond motifs is 3. The van der Waals surface area contributed by atoms with E-state index in [1.807, 2.05) is 60.5 Å². The van der Waals surface area contributed by atoms with Crippen molar-refractivity contribution in [1.82, 2.24) is 28.7 Å². The maximum Gasteiger partial charge on any atom is 0.320 e. The zero-order chi connectivity index (χ0) is 44.8. The molecule has 0 saturated carbocycles. The molecule has 0 amide bonds. The molecule has 0 bridgehead atoms. The molecule has 3 aromatic carbocycles. The molecule has 63 heavy (non-hydrogen) atoms. The molecule has 6 N–H and O–H groups in total. The predicted molar refractivity (Wildman–Crippen MR) is 244 cm³/mol. The molecule has 9 rings (SSSR count). The van der Waals surface area contributed by atoms with Crippen molar-refractivity contribution < 1.29 is 24.7 Å². The van der Waals surface area contributed by atoms with E-state index in [2.05, 4.69) is 69.2 Å². The summed E-state index contributed by atoms with van der Waals surface area (Å²) in [5.74, 6) is -2.13. The number of aliphatic carboxylic acids is 2. The lowest BCUT2D eigenvalue weighted by atomic mass is 9.98. The number of nitrogens with two attached hydrogens (primary N) is 2. The number of aromatic nitrogens is 6. The van der Waals surface area contributed by atoms with Crippen LogP contribution in [-0.4, -0.2) is 67.8 Å². The average Bonchev–Trinajstić information content (AvgIpc) is 3.94. The zero-order valence-electron chi connectivity index (χ0n) is 34.7. The van der Waals surface area contributed by atoms with E-state index in [0.717, 1.165) is 27.6 Å². The molecule has 6 heterocycles. The molecule has 9 aromatic rings. The van der Waals surface area contributed by atoms with Gasteiger partial charge in [0.05, 0.1) is 21.4 Å². The van der Waals surface area contributed by atoms with Crippen molar-refractivity contribution >= 4 is 50.3 Å². The number of rotatable bonds is 10. The number of carbonyl (C=O) groups is 2. The van der Waals surface area contributed by atoms with Crippen molar-refractivity contribution in [1.29, 1.82) is 0 Å². The Kier molecular flexibility index (Phi) is 12.8. The molecule has 0 aliphatic heterocycles. The highest BCUT2D eigenvalue weighted by atomic mass is 16.6. The van der Waals surface area contributed by atoms with Crippen LogP contribution in [0.4, 0.5) is 5.69 Å². The van der Waals surface area contributed by atoms with Gasteiger partial charge in [-0.1, -0.05) is 12.1 Å². The summed E-state index contributed by atoms with van der Waals surface area (Å²) >= 11 is 0. The first-order chi connectivity index (χ1) is 30.3. The molecule has 2 unspecified atom stereocenters. The second-order valence-corrected chi connectivity index (χ2v) is 15.1. The van der Waals surface area contributed by atoms with Crippen molar-refractivity contribution in [3.63, 3.8) is 0 Å². The van der Waals surface area contributed by atoms with Crippen LogP contribution in [0.2, 0.25) is 0 Å².